The molecule has 1 aromatic heterocycles. The van der Waals surface area contributed by atoms with Gasteiger partial charge in [0.1, 0.15) is 0 Å². The first-order valence-electron chi connectivity index (χ1n) is 4.86. The van der Waals surface area contributed by atoms with E-state index in [1.54, 1.807) is 0 Å². The van der Waals surface area contributed by atoms with Crippen LogP contribution < -0.4 is 5.73 Å². The highest BCUT2D eigenvalue weighted by Crippen LogP contribution is 2.24. The molecule has 1 aromatic rings. The number of nitrogen functional groups attached to an aromatic ring is 1. The fourth-order valence-electron chi connectivity index (χ4n) is 1.65. The van der Waals surface area contributed by atoms with E-state index in [1.807, 2.05) is 5.38 Å². The summed E-state index contributed by atoms with van der Waals surface area (Å²) in [5.41, 5.74) is 7.92. The number of anilines is 1. The highest BCUT2D eigenvalue weighted by Gasteiger charge is 2.13. The topological polar surface area (TPSA) is 42.1 Å². The summed E-state index contributed by atoms with van der Waals surface area (Å²) in [5.74, 6) is 2.66. The molecule has 0 atom stereocenters. The molecule has 0 aliphatic carbocycles. The minimum absolute atomic E-state index is 0.636. The van der Waals surface area contributed by atoms with E-state index in [1.165, 1.54) is 16.9 Å². The maximum absolute atomic E-state index is 5.60. The van der Waals surface area contributed by atoms with Crippen molar-refractivity contribution < 1.29 is 0 Å². The summed E-state index contributed by atoms with van der Waals surface area (Å²) in [4.78, 5) is 6.51. The summed E-state index contributed by atoms with van der Waals surface area (Å²) < 4.78 is 0. The molecule has 2 heterocycles. The molecule has 0 saturated carbocycles. The van der Waals surface area contributed by atoms with E-state index in [9.17, 15) is 0 Å². The van der Waals surface area contributed by atoms with Crippen molar-refractivity contribution in [2.45, 2.75) is 6.42 Å². The van der Waals surface area contributed by atoms with Crippen molar-refractivity contribution in [1.82, 2.24) is 9.88 Å². The maximum atomic E-state index is 5.60. The Balaban J connectivity index is 2.05. The highest BCUT2D eigenvalue weighted by atomic mass is 32.1. The number of nitrogens with two attached hydrogens (primary N) is 1. The van der Waals surface area contributed by atoms with Crippen LogP contribution in [0.15, 0.2) is 11.5 Å². The zero-order valence-electron chi connectivity index (χ0n) is 8.44. The van der Waals surface area contributed by atoms with Crippen LogP contribution >= 0.6 is 11.3 Å². The van der Waals surface area contributed by atoms with Gasteiger partial charge in [0, 0.05) is 18.5 Å². The lowest BCUT2D eigenvalue weighted by molar-refractivity contribution is 0.339. The van der Waals surface area contributed by atoms with Gasteiger partial charge in [0.05, 0.1) is 12.2 Å². The molecule has 0 unspecified atom stereocenters. The van der Waals surface area contributed by atoms with Gasteiger partial charge < -0.3 is 5.73 Å². The molecule has 1 aliphatic heterocycles. The Morgan fingerprint density at radius 1 is 1.67 bits per heavy atom. The molecule has 2 N–H and O–H groups in total. The number of nitrogens with zero attached hydrogens (tertiary/aromatic N) is 2. The van der Waals surface area contributed by atoms with Gasteiger partial charge in [0.25, 0.3) is 0 Å². The van der Waals surface area contributed by atoms with Gasteiger partial charge in [-0.05, 0) is 12.0 Å². The molecular formula is C11H13N3S. The molecule has 2 rings (SSSR count). The largest absolute Gasteiger partial charge is 0.375 e. The fraction of sp³-hybridized carbons (Fsp3) is 0.364. The Labute approximate surface area is 93.6 Å². The van der Waals surface area contributed by atoms with Gasteiger partial charge in [-0.2, -0.15) is 0 Å². The highest BCUT2D eigenvalue weighted by molar-refractivity contribution is 7.13. The lowest BCUT2D eigenvalue weighted by atomic mass is 10.1. The van der Waals surface area contributed by atoms with Crippen molar-refractivity contribution in [3.8, 4) is 12.3 Å². The van der Waals surface area contributed by atoms with Crippen LogP contribution in [-0.4, -0.2) is 29.5 Å². The van der Waals surface area contributed by atoms with Gasteiger partial charge in [0.2, 0.25) is 0 Å². The van der Waals surface area contributed by atoms with Crippen molar-refractivity contribution in [2.24, 2.45) is 0 Å². The van der Waals surface area contributed by atoms with Gasteiger partial charge in [-0.3, -0.25) is 4.90 Å². The Hall–Kier alpha value is -1.31. The SMILES string of the molecule is C#CCN1CC=C(c2csc(N)n2)CC1. The van der Waals surface area contributed by atoms with Crippen molar-refractivity contribution in [2.75, 3.05) is 25.4 Å². The van der Waals surface area contributed by atoms with Crippen molar-refractivity contribution >= 4 is 22.0 Å². The Bertz CT molecular complexity index is 414. The molecule has 3 nitrogen and oxygen atoms in total. The third kappa shape index (κ3) is 2.38. The first kappa shape index (κ1) is 10.2. The Morgan fingerprint density at radius 3 is 3.07 bits per heavy atom. The first-order chi connectivity index (χ1) is 7.29. The first-order valence-corrected chi connectivity index (χ1v) is 5.74. The van der Waals surface area contributed by atoms with E-state index >= 15 is 0 Å². The monoisotopic (exact) mass is 219 g/mol. The molecule has 0 fully saturated rings. The summed E-state index contributed by atoms with van der Waals surface area (Å²) in [5, 5.41) is 2.65. The van der Waals surface area contributed by atoms with Gasteiger partial charge >= 0.3 is 0 Å². The summed E-state index contributed by atoms with van der Waals surface area (Å²) in [6.45, 7) is 2.65. The fourth-order valence-corrected chi connectivity index (χ4v) is 2.24. The number of rotatable bonds is 2. The van der Waals surface area contributed by atoms with Crippen LogP contribution in [0, 0.1) is 12.3 Å². The van der Waals surface area contributed by atoms with E-state index in [-0.39, 0.29) is 0 Å². The van der Waals surface area contributed by atoms with E-state index in [2.05, 4.69) is 21.9 Å². The summed E-state index contributed by atoms with van der Waals surface area (Å²) in [6.07, 6.45) is 8.46. The summed E-state index contributed by atoms with van der Waals surface area (Å²) >= 11 is 1.49. The van der Waals surface area contributed by atoms with Gasteiger partial charge in [-0.15, -0.1) is 17.8 Å². The van der Waals surface area contributed by atoms with Crippen LogP contribution in [0.4, 0.5) is 5.13 Å². The second-order valence-electron chi connectivity index (χ2n) is 3.49. The van der Waals surface area contributed by atoms with E-state index < -0.39 is 0 Å². The zero-order chi connectivity index (χ0) is 10.7. The molecule has 0 radical (unpaired) electrons. The summed E-state index contributed by atoms with van der Waals surface area (Å²) in [6, 6.07) is 0. The Kier molecular flexibility index (Phi) is 3.05. The minimum Gasteiger partial charge on any atom is -0.375 e. The second-order valence-corrected chi connectivity index (χ2v) is 4.38. The molecule has 0 aromatic carbocycles. The van der Waals surface area contributed by atoms with Crippen LogP contribution in [0.2, 0.25) is 0 Å². The number of terminal acetylenes is 1. The normalized spacial score (nSPS) is 17.1. The molecule has 0 spiro atoms. The standard InChI is InChI=1S/C11H13N3S/c1-2-5-14-6-3-9(4-7-14)10-8-15-11(12)13-10/h1,3,8H,4-7H2,(H2,12,13). The van der Waals surface area contributed by atoms with Crippen molar-refractivity contribution in [3.63, 3.8) is 0 Å². The van der Waals surface area contributed by atoms with Crippen molar-refractivity contribution in [3.05, 3.63) is 17.2 Å². The van der Waals surface area contributed by atoms with Crippen LogP contribution in [0.1, 0.15) is 12.1 Å². The molecule has 0 amide bonds. The van der Waals surface area contributed by atoms with Gasteiger partial charge in [-0.25, -0.2) is 4.98 Å². The van der Waals surface area contributed by atoms with Crippen LogP contribution in [0.3, 0.4) is 0 Å². The van der Waals surface area contributed by atoms with E-state index in [0.717, 1.165) is 31.7 Å². The molecule has 1 aliphatic rings. The molecule has 78 valence electrons. The maximum Gasteiger partial charge on any atom is 0.180 e. The quantitative estimate of drug-likeness (QED) is 0.765. The lowest BCUT2D eigenvalue weighted by Gasteiger charge is -2.23. The predicted octanol–water partition coefficient (Wildman–Crippen LogP) is 1.45. The lowest BCUT2D eigenvalue weighted by Crippen LogP contribution is -2.28. The van der Waals surface area contributed by atoms with Gasteiger partial charge in [-0.1, -0.05) is 12.0 Å². The third-order valence-corrected chi connectivity index (χ3v) is 3.13. The van der Waals surface area contributed by atoms with Gasteiger partial charge in [0.15, 0.2) is 5.13 Å². The molecule has 0 bridgehead atoms. The summed E-state index contributed by atoms with van der Waals surface area (Å²) in [7, 11) is 0. The number of hydrogen-bond acceptors (Lipinski definition) is 4. The van der Waals surface area contributed by atoms with Crippen LogP contribution in [0.5, 0.6) is 0 Å². The second kappa shape index (κ2) is 4.47. The predicted molar refractivity (Wildman–Crippen MR) is 64.4 cm³/mol. The average molecular weight is 219 g/mol. The number of hydrogen-bond donors (Lipinski definition) is 1. The van der Waals surface area contributed by atoms with E-state index in [0.29, 0.717) is 5.13 Å². The van der Waals surface area contributed by atoms with Crippen LogP contribution in [0.25, 0.3) is 5.57 Å². The molecular weight excluding hydrogens is 206 g/mol. The third-order valence-electron chi connectivity index (χ3n) is 2.46. The minimum atomic E-state index is 0.636. The number of thiazole rings is 1. The molecule has 15 heavy (non-hydrogen) atoms. The van der Waals surface area contributed by atoms with Crippen LogP contribution in [-0.2, 0) is 0 Å². The molecule has 0 saturated heterocycles. The zero-order valence-corrected chi connectivity index (χ0v) is 9.26. The average Bonchev–Trinajstić information content (AvgIpc) is 2.67. The molecule has 4 heteroatoms. The van der Waals surface area contributed by atoms with Crippen molar-refractivity contribution in [1.29, 1.82) is 0 Å². The van der Waals surface area contributed by atoms with E-state index in [4.69, 9.17) is 12.2 Å². The smallest absolute Gasteiger partial charge is 0.180 e. The number of aromatic nitrogens is 1. The Morgan fingerprint density at radius 2 is 2.53 bits per heavy atom.